The molecule has 0 aliphatic rings. The highest BCUT2D eigenvalue weighted by molar-refractivity contribution is 6.00. The molecule has 0 unspecified atom stereocenters. The van der Waals surface area contributed by atoms with E-state index in [2.05, 4.69) is 13.8 Å². The molecular weight excluding hydrogens is 316 g/mol. The maximum Gasteiger partial charge on any atom is 0.303 e. The first-order valence-electron chi connectivity index (χ1n) is 8.87. The third kappa shape index (κ3) is 6.22. The Morgan fingerprint density at radius 2 is 1.68 bits per heavy atom. The monoisotopic (exact) mass is 342 g/mol. The number of rotatable bonds is 10. The predicted molar refractivity (Wildman–Crippen MR) is 99.3 cm³/mol. The highest BCUT2D eigenvalue weighted by Crippen LogP contribution is 2.23. The second kappa shape index (κ2) is 9.21. The lowest BCUT2D eigenvalue weighted by atomic mass is 10.0. The van der Waals surface area contributed by atoms with Crippen LogP contribution in [-0.4, -0.2) is 23.5 Å². The van der Waals surface area contributed by atoms with Gasteiger partial charge >= 0.3 is 5.97 Å². The SMILES string of the molecule is CC(C)CCOc1ccc2cc(C(=O)CCCCC(=O)O)ccc2c1. The van der Waals surface area contributed by atoms with E-state index in [4.69, 9.17) is 9.84 Å². The van der Waals surface area contributed by atoms with Gasteiger partial charge in [-0.3, -0.25) is 9.59 Å². The van der Waals surface area contributed by atoms with Crippen LogP contribution in [0.2, 0.25) is 0 Å². The Balaban J connectivity index is 1.97. The molecule has 0 aliphatic carbocycles. The number of ketones is 1. The first-order chi connectivity index (χ1) is 12.0. The number of ether oxygens (including phenoxy) is 1. The van der Waals surface area contributed by atoms with E-state index in [0.29, 0.717) is 37.4 Å². The second-order valence-electron chi connectivity index (χ2n) is 6.78. The summed E-state index contributed by atoms with van der Waals surface area (Å²) in [6.07, 6.45) is 2.66. The minimum absolute atomic E-state index is 0.0598. The van der Waals surface area contributed by atoms with E-state index in [1.54, 1.807) is 0 Å². The van der Waals surface area contributed by atoms with Crippen molar-refractivity contribution in [3.05, 3.63) is 42.0 Å². The standard InChI is InChI=1S/C21H26O4/c1-15(2)11-12-25-19-10-9-16-13-18(8-7-17(16)14-19)20(22)5-3-4-6-21(23)24/h7-10,13-15H,3-6,11-12H2,1-2H3,(H,23,24). The van der Waals surface area contributed by atoms with Gasteiger partial charge in [-0.2, -0.15) is 0 Å². The van der Waals surface area contributed by atoms with Crippen molar-refractivity contribution in [3.63, 3.8) is 0 Å². The highest BCUT2D eigenvalue weighted by Gasteiger charge is 2.08. The molecule has 2 rings (SSSR count). The molecule has 0 atom stereocenters. The number of fused-ring (bicyclic) bond motifs is 1. The summed E-state index contributed by atoms with van der Waals surface area (Å²) >= 11 is 0. The quantitative estimate of drug-likeness (QED) is 0.482. The largest absolute Gasteiger partial charge is 0.494 e. The van der Waals surface area contributed by atoms with Crippen molar-refractivity contribution in [3.8, 4) is 5.75 Å². The maximum absolute atomic E-state index is 12.2. The van der Waals surface area contributed by atoms with Gasteiger partial charge in [0, 0.05) is 18.4 Å². The summed E-state index contributed by atoms with van der Waals surface area (Å²) < 4.78 is 5.77. The van der Waals surface area contributed by atoms with Crippen LogP contribution in [0, 0.1) is 5.92 Å². The third-order valence-corrected chi connectivity index (χ3v) is 4.14. The number of benzene rings is 2. The van der Waals surface area contributed by atoms with Gasteiger partial charge < -0.3 is 9.84 Å². The molecule has 2 aromatic rings. The molecule has 0 aromatic heterocycles. The van der Waals surface area contributed by atoms with E-state index in [1.165, 1.54) is 0 Å². The molecule has 0 amide bonds. The molecule has 134 valence electrons. The van der Waals surface area contributed by atoms with Gasteiger partial charge in [-0.25, -0.2) is 0 Å². The van der Waals surface area contributed by atoms with Crippen LogP contribution in [0.5, 0.6) is 5.75 Å². The molecule has 0 saturated carbocycles. The Morgan fingerprint density at radius 1 is 1.00 bits per heavy atom. The molecule has 0 spiro atoms. The van der Waals surface area contributed by atoms with Crippen molar-refractivity contribution < 1.29 is 19.4 Å². The molecule has 4 nitrogen and oxygen atoms in total. The predicted octanol–water partition coefficient (Wildman–Crippen LogP) is 5.09. The number of unbranched alkanes of at least 4 members (excludes halogenated alkanes) is 1. The minimum atomic E-state index is -0.815. The van der Waals surface area contributed by atoms with Gasteiger partial charge in [0.1, 0.15) is 5.75 Å². The van der Waals surface area contributed by atoms with Gasteiger partial charge in [-0.15, -0.1) is 0 Å². The zero-order valence-corrected chi connectivity index (χ0v) is 15.0. The summed E-state index contributed by atoms with van der Waals surface area (Å²) in [5.74, 6) is 0.708. The van der Waals surface area contributed by atoms with E-state index in [9.17, 15) is 9.59 Å². The van der Waals surface area contributed by atoms with E-state index in [0.717, 1.165) is 22.9 Å². The Labute approximate surface area is 148 Å². The number of Topliss-reactive ketones (excluding diaryl/α,β-unsaturated/α-hetero) is 1. The molecule has 2 aromatic carbocycles. The lowest BCUT2D eigenvalue weighted by Crippen LogP contribution is -2.02. The number of carbonyl (C=O) groups is 2. The van der Waals surface area contributed by atoms with Gasteiger partial charge in [0.25, 0.3) is 0 Å². The Kier molecular flexibility index (Phi) is 6.99. The van der Waals surface area contributed by atoms with Gasteiger partial charge in [-0.05, 0) is 54.2 Å². The number of hydrogen-bond donors (Lipinski definition) is 1. The normalized spacial score (nSPS) is 11.0. The Hall–Kier alpha value is -2.36. The van der Waals surface area contributed by atoms with E-state index < -0.39 is 5.97 Å². The molecule has 0 heterocycles. The zero-order chi connectivity index (χ0) is 18.2. The summed E-state index contributed by atoms with van der Waals surface area (Å²) in [5, 5.41) is 10.7. The number of carboxylic acid groups (broad SMARTS) is 1. The van der Waals surface area contributed by atoms with Gasteiger partial charge in [0.2, 0.25) is 0 Å². The molecular formula is C21H26O4. The van der Waals surface area contributed by atoms with Crippen LogP contribution in [0.15, 0.2) is 36.4 Å². The van der Waals surface area contributed by atoms with Crippen LogP contribution in [0.25, 0.3) is 10.8 Å². The first kappa shape index (κ1) is 19.0. The lowest BCUT2D eigenvalue weighted by Gasteiger charge is -2.09. The first-order valence-corrected chi connectivity index (χ1v) is 8.87. The highest BCUT2D eigenvalue weighted by atomic mass is 16.5. The summed E-state index contributed by atoms with van der Waals surface area (Å²) in [6, 6.07) is 11.6. The maximum atomic E-state index is 12.2. The fraction of sp³-hybridized carbons (Fsp3) is 0.429. The number of aliphatic carboxylic acids is 1. The summed E-state index contributed by atoms with van der Waals surface area (Å²) in [4.78, 5) is 22.7. The minimum Gasteiger partial charge on any atom is -0.494 e. The summed E-state index contributed by atoms with van der Waals surface area (Å²) in [7, 11) is 0. The third-order valence-electron chi connectivity index (χ3n) is 4.14. The number of hydrogen-bond acceptors (Lipinski definition) is 3. The molecule has 0 radical (unpaired) electrons. The second-order valence-corrected chi connectivity index (χ2v) is 6.78. The lowest BCUT2D eigenvalue weighted by molar-refractivity contribution is -0.137. The fourth-order valence-corrected chi connectivity index (χ4v) is 2.61. The van der Waals surface area contributed by atoms with Crippen molar-refractivity contribution >= 4 is 22.5 Å². The zero-order valence-electron chi connectivity index (χ0n) is 15.0. The molecule has 0 bridgehead atoms. The molecule has 25 heavy (non-hydrogen) atoms. The van der Waals surface area contributed by atoms with Crippen LogP contribution in [0.4, 0.5) is 0 Å². The molecule has 0 aliphatic heterocycles. The topological polar surface area (TPSA) is 63.6 Å². The Bertz CT molecular complexity index is 734. The summed E-state index contributed by atoms with van der Waals surface area (Å²) in [6.45, 7) is 5.05. The molecule has 0 fully saturated rings. The van der Waals surface area contributed by atoms with Gasteiger partial charge in [0.05, 0.1) is 6.61 Å². The number of carboxylic acids is 1. The fourth-order valence-electron chi connectivity index (χ4n) is 2.61. The molecule has 4 heteroatoms. The molecule has 1 N–H and O–H groups in total. The van der Waals surface area contributed by atoms with Crippen molar-refractivity contribution in [2.45, 2.75) is 46.0 Å². The van der Waals surface area contributed by atoms with Crippen LogP contribution >= 0.6 is 0 Å². The van der Waals surface area contributed by atoms with Gasteiger partial charge in [0.15, 0.2) is 5.78 Å². The van der Waals surface area contributed by atoms with Crippen molar-refractivity contribution in [1.82, 2.24) is 0 Å². The van der Waals surface area contributed by atoms with Crippen molar-refractivity contribution in [1.29, 1.82) is 0 Å². The van der Waals surface area contributed by atoms with E-state index >= 15 is 0 Å². The average molecular weight is 342 g/mol. The van der Waals surface area contributed by atoms with Crippen LogP contribution < -0.4 is 4.74 Å². The van der Waals surface area contributed by atoms with Gasteiger partial charge in [-0.1, -0.05) is 32.0 Å². The van der Waals surface area contributed by atoms with E-state index in [-0.39, 0.29) is 12.2 Å². The van der Waals surface area contributed by atoms with Crippen molar-refractivity contribution in [2.75, 3.05) is 6.61 Å². The van der Waals surface area contributed by atoms with Crippen molar-refractivity contribution in [2.24, 2.45) is 5.92 Å². The van der Waals surface area contributed by atoms with Crippen LogP contribution in [0.1, 0.15) is 56.3 Å². The van der Waals surface area contributed by atoms with Crippen LogP contribution in [-0.2, 0) is 4.79 Å². The summed E-state index contributed by atoms with van der Waals surface area (Å²) in [5.41, 5.74) is 0.677. The number of carbonyl (C=O) groups excluding carboxylic acids is 1. The van der Waals surface area contributed by atoms with Crippen LogP contribution in [0.3, 0.4) is 0 Å². The average Bonchev–Trinajstić information content (AvgIpc) is 2.57. The molecule has 0 saturated heterocycles. The van der Waals surface area contributed by atoms with E-state index in [1.807, 2.05) is 36.4 Å². The Morgan fingerprint density at radius 3 is 2.40 bits per heavy atom. The smallest absolute Gasteiger partial charge is 0.303 e.